The number of hydrogen-bond donors (Lipinski definition) is 1. The van der Waals surface area contributed by atoms with Gasteiger partial charge in [-0.3, -0.25) is 0 Å². The Morgan fingerprint density at radius 2 is 1.76 bits per heavy atom. The normalized spacial score (nSPS) is 10.4. The van der Waals surface area contributed by atoms with E-state index in [-0.39, 0.29) is 5.82 Å². The topological polar surface area (TPSA) is 30.5 Å². The maximum atomic E-state index is 13.1. The van der Waals surface area contributed by atoms with Crippen LogP contribution >= 0.6 is 0 Å². The van der Waals surface area contributed by atoms with Gasteiger partial charge in [-0.15, -0.1) is 0 Å². The average molecular weight is 289 g/mol. The molecule has 0 spiro atoms. The Morgan fingerprint density at radius 1 is 1.00 bits per heavy atom. The van der Waals surface area contributed by atoms with Crippen LogP contribution in [-0.2, 0) is 13.1 Å². The predicted molar refractivity (Wildman–Crippen MR) is 81.1 cm³/mol. The largest absolute Gasteiger partial charge is 0.493 e. The highest BCUT2D eigenvalue weighted by Gasteiger charge is 2.05. The molecule has 2 aromatic rings. The fourth-order valence-electron chi connectivity index (χ4n) is 2.09. The molecule has 0 aliphatic heterocycles. The number of hydrogen-bond acceptors (Lipinski definition) is 3. The maximum absolute atomic E-state index is 13.1. The zero-order valence-corrected chi connectivity index (χ0v) is 12.4. The monoisotopic (exact) mass is 289 g/mol. The first-order chi connectivity index (χ1) is 10.2. The van der Waals surface area contributed by atoms with Gasteiger partial charge in [-0.2, -0.15) is 0 Å². The summed E-state index contributed by atoms with van der Waals surface area (Å²) >= 11 is 0. The summed E-state index contributed by atoms with van der Waals surface area (Å²) in [5, 5.41) is 3.28. The Hall–Kier alpha value is -2.07. The van der Waals surface area contributed by atoms with E-state index in [2.05, 4.69) is 5.32 Å². The molecule has 0 unspecified atom stereocenters. The predicted octanol–water partition coefficient (Wildman–Crippen LogP) is 3.52. The molecule has 0 aliphatic carbocycles. The molecule has 0 amide bonds. The average Bonchev–Trinajstić information content (AvgIpc) is 2.49. The molecule has 0 radical (unpaired) electrons. The van der Waals surface area contributed by atoms with Gasteiger partial charge in [-0.1, -0.05) is 18.2 Å². The van der Waals surface area contributed by atoms with Crippen LogP contribution in [0.1, 0.15) is 18.1 Å². The fourth-order valence-corrected chi connectivity index (χ4v) is 2.09. The van der Waals surface area contributed by atoms with E-state index in [1.807, 2.05) is 31.2 Å². The molecule has 0 saturated heterocycles. The molecule has 0 heterocycles. The van der Waals surface area contributed by atoms with Crippen LogP contribution in [0.2, 0.25) is 0 Å². The second kappa shape index (κ2) is 7.64. The van der Waals surface area contributed by atoms with Gasteiger partial charge in [0.25, 0.3) is 0 Å². The molecule has 0 bridgehead atoms. The summed E-state index contributed by atoms with van der Waals surface area (Å²) in [7, 11) is 1.63. The van der Waals surface area contributed by atoms with Crippen molar-refractivity contribution in [2.24, 2.45) is 0 Å². The molecule has 3 nitrogen and oxygen atoms in total. The van der Waals surface area contributed by atoms with Gasteiger partial charge in [0.2, 0.25) is 0 Å². The first-order valence-corrected chi connectivity index (χ1v) is 6.97. The van der Waals surface area contributed by atoms with Crippen molar-refractivity contribution in [3.05, 3.63) is 59.4 Å². The Morgan fingerprint density at radius 3 is 2.43 bits per heavy atom. The molecule has 112 valence electrons. The highest BCUT2D eigenvalue weighted by Crippen LogP contribution is 2.27. The number of rotatable bonds is 7. The molecule has 0 aromatic heterocycles. The van der Waals surface area contributed by atoms with Crippen molar-refractivity contribution in [2.75, 3.05) is 13.7 Å². The van der Waals surface area contributed by atoms with Crippen molar-refractivity contribution < 1.29 is 13.9 Å². The summed E-state index contributed by atoms with van der Waals surface area (Å²) in [6.45, 7) is 3.84. The van der Waals surface area contributed by atoms with Crippen molar-refractivity contribution in [2.45, 2.75) is 20.0 Å². The summed E-state index contributed by atoms with van der Waals surface area (Å²) < 4.78 is 23.9. The van der Waals surface area contributed by atoms with Gasteiger partial charge < -0.3 is 14.8 Å². The lowest BCUT2D eigenvalue weighted by Gasteiger charge is -2.11. The second-order valence-corrected chi connectivity index (χ2v) is 4.65. The molecule has 4 heteroatoms. The minimum absolute atomic E-state index is 0.211. The van der Waals surface area contributed by atoms with Crippen LogP contribution in [0.3, 0.4) is 0 Å². The van der Waals surface area contributed by atoms with Crippen molar-refractivity contribution in [1.82, 2.24) is 5.32 Å². The minimum atomic E-state index is -0.211. The number of halogens is 1. The Balaban J connectivity index is 1.94. The van der Waals surface area contributed by atoms with Gasteiger partial charge in [0.15, 0.2) is 11.5 Å². The van der Waals surface area contributed by atoms with Crippen LogP contribution in [0.4, 0.5) is 4.39 Å². The van der Waals surface area contributed by atoms with Crippen LogP contribution in [0.25, 0.3) is 0 Å². The van der Waals surface area contributed by atoms with Gasteiger partial charge in [0, 0.05) is 13.1 Å². The molecule has 0 aliphatic rings. The highest BCUT2D eigenvalue weighted by atomic mass is 19.1. The quantitative estimate of drug-likeness (QED) is 0.846. The van der Waals surface area contributed by atoms with Gasteiger partial charge in [-0.05, 0) is 42.3 Å². The summed E-state index contributed by atoms with van der Waals surface area (Å²) in [5.74, 6) is 1.26. The van der Waals surface area contributed by atoms with E-state index in [9.17, 15) is 4.39 Å². The lowest BCUT2D eigenvalue weighted by Crippen LogP contribution is -2.12. The van der Waals surface area contributed by atoms with Crippen molar-refractivity contribution in [1.29, 1.82) is 0 Å². The lowest BCUT2D eigenvalue weighted by molar-refractivity contribution is 0.310. The summed E-state index contributed by atoms with van der Waals surface area (Å²) in [5.41, 5.74) is 2.01. The summed E-state index contributed by atoms with van der Waals surface area (Å²) in [6.07, 6.45) is 0. The zero-order valence-electron chi connectivity index (χ0n) is 12.4. The number of benzene rings is 2. The molecule has 0 fully saturated rings. The van der Waals surface area contributed by atoms with Gasteiger partial charge in [0.05, 0.1) is 13.7 Å². The standard InChI is InChI=1S/C17H20FNO2/c1-3-21-16-8-7-14(10-17(16)20-2)12-19-11-13-5-4-6-15(18)9-13/h4-10,19H,3,11-12H2,1-2H3. The number of nitrogens with one attached hydrogen (secondary N) is 1. The molecular weight excluding hydrogens is 269 g/mol. The summed E-state index contributed by atoms with van der Waals surface area (Å²) in [6, 6.07) is 12.4. The van der Waals surface area contributed by atoms with Crippen LogP contribution in [-0.4, -0.2) is 13.7 Å². The third kappa shape index (κ3) is 4.46. The van der Waals surface area contributed by atoms with E-state index in [0.29, 0.717) is 19.7 Å². The van der Waals surface area contributed by atoms with E-state index in [4.69, 9.17) is 9.47 Å². The second-order valence-electron chi connectivity index (χ2n) is 4.65. The first-order valence-electron chi connectivity index (χ1n) is 6.97. The number of methoxy groups -OCH3 is 1. The van der Waals surface area contributed by atoms with Crippen LogP contribution in [0.15, 0.2) is 42.5 Å². The molecule has 1 N–H and O–H groups in total. The lowest BCUT2D eigenvalue weighted by atomic mass is 10.2. The Labute approximate surface area is 124 Å². The molecule has 2 rings (SSSR count). The molecular formula is C17H20FNO2. The third-order valence-electron chi connectivity index (χ3n) is 3.08. The fraction of sp³-hybridized carbons (Fsp3) is 0.294. The Kier molecular flexibility index (Phi) is 5.58. The molecule has 0 atom stereocenters. The van der Waals surface area contributed by atoms with Gasteiger partial charge in [-0.25, -0.2) is 4.39 Å². The van der Waals surface area contributed by atoms with E-state index in [1.54, 1.807) is 13.2 Å². The SMILES string of the molecule is CCOc1ccc(CNCc2cccc(F)c2)cc1OC. The summed E-state index contributed by atoms with van der Waals surface area (Å²) in [4.78, 5) is 0. The third-order valence-corrected chi connectivity index (χ3v) is 3.08. The molecule has 21 heavy (non-hydrogen) atoms. The van der Waals surface area contributed by atoms with E-state index in [1.165, 1.54) is 12.1 Å². The smallest absolute Gasteiger partial charge is 0.161 e. The van der Waals surface area contributed by atoms with Crippen molar-refractivity contribution >= 4 is 0 Å². The van der Waals surface area contributed by atoms with E-state index in [0.717, 1.165) is 22.6 Å². The minimum Gasteiger partial charge on any atom is -0.493 e. The van der Waals surface area contributed by atoms with Gasteiger partial charge in [0.1, 0.15) is 5.82 Å². The van der Waals surface area contributed by atoms with Crippen molar-refractivity contribution in [3.63, 3.8) is 0 Å². The van der Waals surface area contributed by atoms with Crippen molar-refractivity contribution in [3.8, 4) is 11.5 Å². The van der Waals surface area contributed by atoms with E-state index >= 15 is 0 Å². The Bertz CT molecular complexity index is 587. The molecule has 2 aromatic carbocycles. The van der Waals surface area contributed by atoms with Gasteiger partial charge >= 0.3 is 0 Å². The zero-order chi connectivity index (χ0) is 15.1. The number of ether oxygens (including phenoxy) is 2. The van der Waals surface area contributed by atoms with Crippen LogP contribution in [0.5, 0.6) is 11.5 Å². The maximum Gasteiger partial charge on any atom is 0.161 e. The van der Waals surface area contributed by atoms with Crippen LogP contribution < -0.4 is 14.8 Å². The van der Waals surface area contributed by atoms with E-state index < -0.39 is 0 Å². The highest BCUT2D eigenvalue weighted by molar-refractivity contribution is 5.42. The van der Waals surface area contributed by atoms with Crippen LogP contribution in [0, 0.1) is 5.82 Å². The molecule has 0 saturated carbocycles. The first kappa shape index (κ1) is 15.3.